The number of aliphatic carboxylic acids is 1. The van der Waals surface area contributed by atoms with Crippen molar-refractivity contribution in [3.63, 3.8) is 0 Å². The number of allylic oxidation sites excluding steroid dienone is 2. The van der Waals surface area contributed by atoms with Gasteiger partial charge in [0.25, 0.3) is 0 Å². The van der Waals surface area contributed by atoms with Gasteiger partial charge >= 0.3 is 5.97 Å². The highest BCUT2D eigenvalue weighted by Gasteiger charge is 2.72. The molecule has 0 amide bonds. The first-order valence-electron chi connectivity index (χ1n) is 24.2. The van der Waals surface area contributed by atoms with Crippen molar-refractivity contribution in [1.82, 2.24) is 0 Å². The van der Waals surface area contributed by atoms with Crippen molar-refractivity contribution in [2.24, 2.45) is 50.2 Å². The van der Waals surface area contributed by atoms with Gasteiger partial charge in [-0.05, 0) is 97.9 Å². The maximum Gasteiger partial charge on any atom is 0.335 e. The van der Waals surface area contributed by atoms with Gasteiger partial charge in [-0.15, -0.1) is 0 Å². The van der Waals surface area contributed by atoms with E-state index < -0.39 is 157 Å². The average molecular weight is 957 g/mol. The minimum atomic E-state index is -2.04. The molecule has 3 saturated heterocycles. The average Bonchev–Trinajstić information content (AvgIpc) is 3.26. The number of fused-ring (bicyclic) bond motifs is 7. The summed E-state index contributed by atoms with van der Waals surface area (Å²) in [5.41, 5.74) is -2.29. The van der Waals surface area contributed by atoms with Gasteiger partial charge in [0.1, 0.15) is 61.0 Å². The lowest BCUT2D eigenvalue weighted by atomic mass is 9.33. The number of ketones is 1. The minimum Gasteiger partial charge on any atom is -0.479 e. The highest BCUT2D eigenvalue weighted by Crippen LogP contribution is 2.75. The van der Waals surface area contributed by atoms with Crippen LogP contribution in [0.4, 0.5) is 0 Å². The smallest absolute Gasteiger partial charge is 0.335 e. The highest BCUT2D eigenvalue weighted by atomic mass is 16.8. The molecule has 11 N–H and O–H groups in total. The summed E-state index contributed by atoms with van der Waals surface area (Å²) in [5, 5.41) is 117. The lowest BCUT2D eigenvalue weighted by Crippen LogP contribution is -2.69. The Labute approximate surface area is 391 Å². The van der Waals surface area contributed by atoms with Gasteiger partial charge in [0, 0.05) is 16.7 Å². The molecule has 7 fully saturated rings. The maximum absolute atomic E-state index is 15.3. The number of aliphatic hydroxyl groups excluding tert-OH is 10. The summed E-state index contributed by atoms with van der Waals surface area (Å²) < 4.78 is 36.5. The van der Waals surface area contributed by atoms with Crippen LogP contribution in [0.3, 0.4) is 0 Å². The summed E-state index contributed by atoms with van der Waals surface area (Å²) in [6, 6.07) is 0. The third kappa shape index (κ3) is 7.92. The molecule has 67 heavy (non-hydrogen) atoms. The second-order valence-electron chi connectivity index (χ2n) is 23.6. The van der Waals surface area contributed by atoms with Crippen molar-refractivity contribution in [1.29, 1.82) is 0 Å². The van der Waals surface area contributed by atoms with E-state index in [0.717, 1.165) is 24.8 Å². The van der Waals surface area contributed by atoms with Crippen LogP contribution in [-0.2, 0) is 38.0 Å². The number of hydrogen-bond acceptors (Lipinski definition) is 18. The quantitative estimate of drug-likeness (QED) is 0.134. The molecule has 0 aromatic rings. The topological polar surface area (TPSA) is 312 Å². The fraction of sp³-hybridized carbons (Fsp3) is 0.917. The van der Waals surface area contributed by atoms with Crippen molar-refractivity contribution in [3.05, 3.63) is 11.6 Å². The van der Waals surface area contributed by atoms with E-state index in [-0.39, 0.29) is 29.5 Å². The molecular formula is C48H76O19. The molecule has 4 saturated carbocycles. The van der Waals surface area contributed by atoms with E-state index >= 15 is 4.79 Å². The van der Waals surface area contributed by atoms with Crippen LogP contribution in [0.1, 0.15) is 107 Å². The lowest BCUT2D eigenvalue weighted by molar-refractivity contribution is -0.375. The van der Waals surface area contributed by atoms with Crippen LogP contribution in [0.15, 0.2) is 11.6 Å². The van der Waals surface area contributed by atoms with Gasteiger partial charge < -0.3 is 84.6 Å². The van der Waals surface area contributed by atoms with Crippen LogP contribution in [-0.4, -0.2) is 185 Å². The van der Waals surface area contributed by atoms with Crippen LogP contribution in [0, 0.1) is 50.2 Å². The molecule has 0 bridgehead atoms. The van der Waals surface area contributed by atoms with E-state index in [1.807, 2.05) is 13.0 Å². The van der Waals surface area contributed by atoms with E-state index in [4.69, 9.17) is 28.4 Å². The summed E-state index contributed by atoms with van der Waals surface area (Å²) in [4.78, 5) is 27.6. The second kappa shape index (κ2) is 17.8. The van der Waals surface area contributed by atoms with Gasteiger partial charge in [-0.25, -0.2) is 4.79 Å². The van der Waals surface area contributed by atoms with Crippen molar-refractivity contribution in [3.8, 4) is 0 Å². The molecule has 0 aromatic carbocycles. The number of carbonyl (C=O) groups excluding carboxylic acids is 1. The summed E-state index contributed by atoms with van der Waals surface area (Å²) in [6.45, 7) is 15.5. The van der Waals surface area contributed by atoms with Crippen molar-refractivity contribution >= 4 is 11.8 Å². The van der Waals surface area contributed by atoms with Gasteiger partial charge in [0.15, 0.2) is 30.8 Å². The number of aliphatic hydroxyl groups is 10. The summed E-state index contributed by atoms with van der Waals surface area (Å²) in [7, 11) is 0. The van der Waals surface area contributed by atoms with Crippen LogP contribution in [0.2, 0.25) is 0 Å². The highest BCUT2D eigenvalue weighted by molar-refractivity contribution is 5.95. The van der Waals surface area contributed by atoms with Gasteiger partial charge in [-0.3, -0.25) is 4.79 Å². The largest absolute Gasteiger partial charge is 0.479 e. The number of carbonyl (C=O) groups is 2. The summed E-state index contributed by atoms with van der Waals surface area (Å²) in [6.07, 6.45) is -18.7. The van der Waals surface area contributed by atoms with Crippen molar-refractivity contribution in [2.45, 2.75) is 211 Å². The zero-order valence-electron chi connectivity index (χ0n) is 39.9. The molecule has 3 aliphatic heterocycles. The molecule has 25 unspecified atom stereocenters. The zero-order valence-corrected chi connectivity index (χ0v) is 39.9. The Hall–Kier alpha value is -1.76. The first-order valence-corrected chi connectivity index (χ1v) is 24.2. The number of rotatable bonds is 9. The third-order valence-corrected chi connectivity index (χ3v) is 19.2. The Balaban J connectivity index is 1.08. The molecule has 0 spiro atoms. The predicted octanol–water partition coefficient (Wildman–Crippen LogP) is -0.116. The van der Waals surface area contributed by atoms with Crippen LogP contribution >= 0.6 is 0 Å². The fourth-order valence-corrected chi connectivity index (χ4v) is 15.0. The molecule has 0 aromatic heterocycles. The maximum atomic E-state index is 15.3. The molecule has 3 heterocycles. The third-order valence-electron chi connectivity index (χ3n) is 19.2. The normalized spacial score (nSPS) is 55.3. The molecule has 19 heteroatoms. The summed E-state index contributed by atoms with van der Waals surface area (Å²) in [5.74, 6) is -2.44. The second-order valence-corrected chi connectivity index (χ2v) is 23.6. The van der Waals surface area contributed by atoms with E-state index in [2.05, 4.69) is 41.5 Å². The fourth-order valence-electron chi connectivity index (χ4n) is 15.0. The Morgan fingerprint density at radius 2 is 1.30 bits per heavy atom. The Morgan fingerprint density at radius 1 is 0.672 bits per heavy atom. The minimum absolute atomic E-state index is 0.00826. The Kier molecular flexibility index (Phi) is 13.7. The van der Waals surface area contributed by atoms with Gasteiger partial charge in [-0.1, -0.05) is 54.0 Å². The first-order chi connectivity index (χ1) is 31.1. The molecule has 382 valence electrons. The molecular weight excluding hydrogens is 881 g/mol. The zero-order chi connectivity index (χ0) is 49.3. The standard InChI is InChI=1S/C48H76O19/c1-20-28(52)30(54)34(58)40(62-20)65-27-17-43(2,3)16-22-21-15-23(51)38-45(5)11-10-26(46(6,19-50)25(45)9-12-48(38,8)47(21,7)14-13-44(22,27)4)64-42-37(33(57)32(56)36(66-42)39(60)61)67-41-35(59)31(55)29(53)24(18-49)63-41/h15,20,22,24-38,40-42,49-50,52-59H,9-14,16-19H2,1-8H3,(H,60,61). The molecule has 5 aliphatic carbocycles. The van der Waals surface area contributed by atoms with Gasteiger partial charge in [0.2, 0.25) is 0 Å². The molecule has 8 aliphatic rings. The van der Waals surface area contributed by atoms with Gasteiger partial charge in [-0.2, -0.15) is 0 Å². The number of ether oxygens (including phenoxy) is 6. The number of hydrogen-bond donors (Lipinski definition) is 11. The van der Waals surface area contributed by atoms with E-state index in [1.165, 1.54) is 0 Å². The van der Waals surface area contributed by atoms with Gasteiger partial charge in [0.05, 0.1) is 31.5 Å². The molecule has 25 atom stereocenters. The van der Waals surface area contributed by atoms with E-state index in [9.17, 15) is 61.0 Å². The molecule has 19 nitrogen and oxygen atoms in total. The Bertz CT molecular complexity index is 1900. The lowest BCUT2D eigenvalue weighted by Gasteiger charge is -2.71. The van der Waals surface area contributed by atoms with E-state index in [1.54, 1.807) is 6.92 Å². The first kappa shape index (κ1) is 51.6. The van der Waals surface area contributed by atoms with Crippen LogP contribution in [0.5, 0.6) is 0 Å². The molecule has 8 rings (SSSR count). The summed E-state index contributed by atoms with van der Waals surface area (Å²) >= 11 is 0. The Morgan fingerprint density at radius 3 is 1.93 bits per heavy atom. The van der Waals surface area contributed by atoms with Crippen LogP contribution in [0.25, 0.3) is 0 Å². The monoisotopic (exact) mass is 956 g/mol. The van der Waals surface area contributed by atoms with Crippen LogP contribution < -0.4 is 0 Å². The molecule has 0 radical (unpaired) electrons. The van der Waals surface area contributed by atoms with E-state index in [0.29, 0.717) is 25.7 Å². The van der Waals surface area contributed by atoms with Crippen molar-refractivity contribution in [2.75, 3.05) is 13.2 Å². The predicted molar refractivity (Wildman–Crippen MR) is 231 cm³/mol. The number of carboxylic acid groups (broad SMARTS) is 1. The SMILES string of the molecule is CC1OC(OC2CC(C)(C)CC3C4=CC(=O)C5C6(C)CCC(OC7OC(C(=O)O)C(O)C(O)C7OC7OC(CO)C(O)C(O)C7O)C(C)(CO)C6CCC5(C)C4(C)CCC23C)C(O)C(O)C1O. The number of carboxylic acids is 1. The van der Waals surface area contributed by atoms with Crippen molar-refractivity contribution < 1.29 is 94.2 Å².